The van der Waals surface area contributed by atoms with Gasteiger partial charge in [0.1, 0.15) is 5.69 Å². The van der Waals surface area contributed by atoms with E-state index in [4.69, 9.17) is 5.11 Å². The molecule has 0 spiro atoms. The van der Waals surface area contributed by atoms with Crippen LogP contribution < -0.4 is 5.32 Å². The minimum Gasteiger partial charge on any atom is -0.477 e. The summed E-state index contributed by atoms with van der Waals surface area (Å²) in [5.41, 5.74) is 4.53. The summed E-state index contributed by atoms with van der Waals surface area (Å²) < 4.78 is 0. The Morgan fingerprint density at radius 2 is 1.95 bits per heavy atom. The summed E-state index contributed by atoms with van der Waals surface area (Å²) in [6.45, 7) is 3.64. The molecule has 0 aliphatic carbocycles. The number of rotatable bonds is 2. The Hall–Kier alpha value is -2.82. The van der Waals surface area contributed by atoms with Gasteiger partial charge in [-0.15, -0.1) is 0 Å². The number of fused-ring (bicyclic) bond motifs is 1. The van der Waals surface area contributed by atoms with Crippen LogP contribution in [0.3, 0.4) is 0 Å². The predicted octanol–water partition coefficient (Wildman–Crippen LogP) is 2.90. The summed E-state index contributed by atoms with van der Waals surface area (Å²) in [7, 11) is 0. The average molecular weight is 282 g/mol. The Labute approximate surface area is 121 Å². The minimum absolute atomic E-state index is 0.120. The topological polar surface area (TPSA) is 82.2 Å². The molecule has 1 amide bonds. The number of carboxylic acids is 1. The molecule has 5 heteroatoms. The number of hydrogen-bond acceptors (Lipinski definition) is 2. The van der Waals surface area contributed by atoms with E-state index in [0.717, 1.165) is 22.4 Å². The second-order valence-corrected chi connectivity index (χ2v) is 5.05. The Bertz CT molecular complexity index is 800. The van der Waals surface area contributed by atoms with Crippen molar-refractivity contribution < 1.29 is 14.7 Å². The molecular formula is C16H14N2O3. The van der Waals surface area contributed by atoms with E-state index in [0.29, 0.717) is 11.3 Å². The molecule has 1 aromatic heterocycles. The van der Waals surface area contributed by atoms with Gasteiger partial charge in [0.05, 0.1) is 5.57 Å². The molecule has 0 saturated heterocycles. The highest BCUT2D eigenvalue weighted by Crippen LogP contribution is 2.37. The van der Waals surface area contributed by atoms with Gasteiger partial charge in [0.15, 0.2) is 0 Å². The van der Waals surface area contributed by atoms with Gasteiger partial charge in [-0.05, 0) is 37.1 Å². The first-order valence-corrected chi connectivity index (χ1v) is 6.54. The van der Waals surface area contributed by atoms with Crippen LogP contribution in [0.5, 0.6) is 0 Å². The van der Waals surface area contributed by atoms with Gasteiger partial charge < -0.3 is 15.4 Å². The third kappa shape index (κ3) is 2.03. The van der Waals surface area contributed by atoms with Crippen LogP contribution in [0.2, 0.25) is 0 Å². The van der Waals surface area contributed by atoms with E-state index in [-0.39, 0.29) is 11.6 Å². The van der Waals surface area contributed by atoms with Crippen molar-refractivity contribution in [3.8, 4) is 0 Å². The number of anilines is 1. The van der Waals surface area contributed by atoms with E-state index in [9.17, 15) is 9.59 Å². The first kappa shape index (κ1) is 13.2. The molecule has 0 saturated carbocycles. The third-order valence-corrected chi connectivity index (χ3v) is 3.67. The van der Waals surface area contributed by atoms with Crippen LogP contribution in [0.1, 0.15) is 34.2 Å². The monoisotopic (exact) mass is 282 g/mol. The zero-order valence-electron chi connectivity index (χ0n) is 11.7. The van der Waals surface area contributed by atoms with Crippen LogP contribution in [-0.4, -0.2) is 22.0 Å². The lowest BCUT2D eigenvalue weighted by atomic mass is 9.98. The van der Waals surface area contributed by atoms with Gasteiger partial charge in [-0.3, -0.25) is 4.79 Å². The first-order valence-electron chi connectivity index (χ1n) is 6.54. The standard InChI is InChI=1S/C16H14N2O3/c1-8-7-12(16(20)21)17-14(8)9(2)13-10-5-3-4-6-11(10)18-15(13)19/h3-7,17H,1-2H3,(H,18,19)(H,20,21). The highest BCUT2D eigenvalue weighted by molar-refractivity contribution is 6.36. The molecule has 0 bridgehead atoms. The number of carbonyl (C=O) groups excluding carboxylic acids is 1. The van der Waals surface area contributed by atoms with Crippen molar-refractivity contribution in [3.63, 3.8) is 0 Å². The summed E-state index contributed by atoms with van der Waals surface area (Å²) >= 11 is 0. The van der Waals surface area contributed by atoms with Gasteiger partial charge in [-0.1, -0.05) is 18.2 Å². The fourth-order valence-corrected chi connectivity index (χ4v) is 2.68. The predicted molar refractivity (Wildman–Crippen MR) is 80.0 cm³/mol. The summed E-state index contributed by atoms with van der Waals surface area (Å²) in [5, 5.41) is 11.9. The number of amides is 1. The molecular weight excluding hydrogens is 268 g/mol. The number of aromatic nitrogens is 1. The second kappa shape index (κ2) is 4.63. The van der Waals surface area contributed by atoms with Crippen molar-refractivity contribution >= 4 is 28.7 Å². The van der Waals surface area contributed by atoms with Crippen molar-refractivity contribution in [3.05, 3.63) is 52.8 Å². The molecule has 1 aromatic carbocycles. The average Bonchev–Trinajstić information content (AvgIpc) is 2.97. The molecule has 0 atom stereocenters. The molecule has 2 heterocycles. The lowest BCUT2D eigenvalue weighted by molar-refractivity contribution is -0.110. The zero-order valence-corrected chi connectivity index (χ0v) is 11.7. The molecule has 21 heavy (non-hydrogen) atoms. The number of para-hydroxylation sites is 1. The highest BCUT2D eigenvalue weighted by Gasteiger charge is 2.27. The van der Waals surface area contributed by atoms with Crippen molar-refractivity contribution in [1.82, 2.24) is 4.98 Å². The molecule has 2 aromatic rings. The number of carboxylic acid groups (broad SMARTS) is 1. The fourth-order valence-electron chi connectivity index (χ4n) is 2.68. The number of H-pyrrole nitrogens is 1. The number of aryl methyl sites for hydroxylation is 1. The third-order valence-electron chi connectivity index (χ3n) is 3.67. The number of aromatic carboxylic acids is 1. The van der Waals surface area contributed by atoms with Crippen LogP contribution >= 0.6 is 0 Å². The number of aromatic amines is 1. The molecule has 106 valence electrons. The van der Waals surface area contributed by atoms with E-state index in [1.165, 1.54) is 0 Å². The highest BCUT2D eigenvalue weighted by atomic mass is 16.4. The van der Waals surface area contributed by atoms with Gasteiger partial charge in [0.25, 0.3) is 5.91 Å². The van der Waals surface area contributed by atoms with Crippen molar-refractivity contribution in [2.45, 2.75) is 13.8 Å². The molecule has 0 unspecified atom stereocenters. The maximum Gasteiger partial charge on any atom is 0.352 e. The van der Waals surface area contributed by atoms with Crippen molar-refractivity contribution in [2.75, 3.05) is 5.32 Å². The lowest BCUT2D eigenvalue weighted by Gasteiger charge is -2.05. The molecule has 3 rings (SSSR count). The molecule has 5 nitrogen and oxygen atoms in total. The number of benzene rings is 1. The van der Waals surface area contributed by atoms with Gasteiger partial charge in [-0.25, -0.2) is 4.79 Å². The van der Waals surface area contributed by atoms with Crippen LogP contribution in [0.15, 0.2) is 30.3 Å². The van der Waals surface area contributed by atoms with Gasteiger partial charge in [0.2, 0.25) is 0 Å². The number of hydrogen-bond donors (Lipinski definition) is 3. The molecule has 1 aliphatic heterocycles. The maximum atomic E-state index is 12.2. The maximum absolute atomic E-state index is 12.2. The smallest absolute Gasteiger partial charge is 0.352 e. The van der Waals surface area contributed by atoms with Crippen molar-refractivity contribution in [2.24, 2.45) is 0 Å². The Morgan fingerprint density at radius 3 is 2.62 bits per heavy atom. The van der Waals surface area contributed by atoms with E-state index in [2.05, 4.69) is 10.3 Å². The quantitative estimate of drug-likeness (QED) is 0.741. The lowest BCUT2D eigenvalue weighted by Crippen LogP contribution is -2.05. The summed E-state index contributed by atoms with van der Waals surface area (Å²) in [4.78, 5) is 26.1. The van der Waals surface area contributed by atoms with Gasteiger partial charge >= 0.3 is 5.97 Å². The van der Waals surface area contributed by atoms with Crippen LogP contribution in [0, 0.1) is 6.92 Å². The van der Waals surface area contributed by atoms with E-state index in [1.54, 1.807) is 6.07 Å². The van der Waals surface area contributed by atoms with Crippen LogP contribution in [0.25, 0.3) is 11.1 Å². The number of nitrogens with one attached hydrogen (secondary N) is 2. The van der Waals surface area contributed by atoms with E-state index in [1.807, 2.05) is 38.1 Å². The van der Waals surface area contributed by atoms with Gasteiger partial charge in [-0.2, -0.15) is 0 Å². The first-order chi connectivity index (χ1) is 9.99. The fraction of sp³-hybridized carbons (Fsp3) is 0.125. The SMILES string of the molecule is CC(=C1C(=O)Nc2ccccc21)c1[nH]c(C(=O)O)cc1C. The Kier molecular flexibility index (Phi) is 2.90. The van der Waals surface area contributed by atoms with E-state index >= 15 is 0 Å². The molecule has 1 aliphatic rings. The van der Waals surface area contributed by atoms with Crippen molar-refractivity contribution in [1.29, 1.82) is 0 Å². The second-order valence-electron chi connectivity index (χ2n) is 5.05. The summed E-state index contributed by atoms with van der Waals surface area (Å²) in [6.07, 6.45) is 0. The minimum atomic E-state index is -1.02. The number of carbonyl (C=O) groups is 2. The Morgan fingerprint density at radius 1 is 1.24 bits per heavy atom. The van der Waals surface area contributed by atoms with Gasteiger partial charge in [0, 0.05) is 16.9 Å². The van der Waals surface area contributed by atoms with Crippen LogP contribution in [0.4, 0.5) is 5.69 Å². The number of allylic oxidation sites excluding steroid dienone is 1. The normalized spacial score (nSPS) is 15.6. The van der Waals surface area contributed by atoms with E-state index < -0.39 is 5.97 Å². The summed E-state index contributed by atoms with van der Waals surface area (Å²) in [6, 6.07) is 9.02. The largest absolute Gasteiger partial charge is 0.477 e. The summed E-state index contributed by atoms with van der Waals surface area (Å²) in [5.74, 6) is -1.18. The zero-order chi connectivity index (χ0) is 15.1. The Balaban J connectivity index is 2.19. The van der Waals surface area contributed by atoms with Crippen LogP contribution in [-0.2, 0) is 4.79 Å². The molecule has 3 N–H and O–H groups in total. The molecule has 0 radical (unpaired) electrons. The molecule has 0 fully saturated rings.